The summed E-state index contributed by atoms with van der Waals surface area (Å²) in [5, 5.41) is 0. The van der Waals surface area contributed by atoms with Gasteiger partial charge in [-0.3, -0.25) is 0 Å². The van der Waals surface area contributed by atoms with Crippen LogP contribution in [0.4, 0.5) is 39.5 Å². The second kappa shape index (κ2) is 10.9. The van der Waals surface area contributed by atoms with E-state index in [-0.39, 0.29) is 24.4 Å². The van der Waals surface area contributed by atoms with Gasteiger partial charge in [0.15, 0.2) is 6.20 Å². The molecule has 3 aromatic carbocycles. The SMILES string of the molecule is C=C1C2C(CCc3c(C(F)(F)F)cc(C(F)(F)F)c(C(F)(F)F)c3-c3cc(-c4ccccc4)c(C)c[n+]31)c1cccc3c1C1N(C=CN21)CC3. The highest BCUT2D eigenvalue weighted by Crippen LogP contribution is 2.55. The van der Waals surface area contributed by atoms with Crippen LogP contribution in [-0.4, -0.2) is 22.4 Å². The average Bonchev–Trinajstić information content (AvgIpc) is 3.50. The second-order valence-corrected chi connectivity index (χ2v) is 13.3. The Morgan fingerprint density at radius 1 is 0.800 bits per heavy atom. The van der Waals surface area contributed by atoms with Crippen LogP contribution in [0.25, 0.3) is 28.1 Å². The number of benzene rings is 3. The predicted octanol–water partition coefficient (Wildman–Crippen LogP) is 9.90. The van der Waals surface area contributed by atoms with E-state index in [4.69, 9.17) is 0 Å². The fourth-order valence-corrected chi connectivity index (χ4v) is 8.58. The molecule has 0 bridgehead atoms. The molecule has 0 radical (unpaired) electrons. The quantitative estimate of drug-likeness (QED) is 0.145. The topological polar surface area (TPSA) is 10.4 Å². The molecule has 4 aliphatic rings. The Labute approximate surface area is 281 Å². The molecule has 5 heterocycles. The Morgan fingerprint density at radius 2 is 1.52 bits per heavy atom. The minimum Gasteiger partial charge on any atom is -0.352 e. The second-order valence-electron chi connectivity index (χ2n) is 13.3. The van der Waals surface area contributed by atoms with E-state index >= 15 is 13.2 Å². The third kappa shape index (κ3) is 4.85. The lowest BCUT2D eigenvalue weighted by atomic mass is 9.75. The van der Waals surface area contributed by atoms with Gasteiger partial charge in [-0.05, 0) is 66.6 Å². The first kappa shape index (κ1) is 32.5. The monoisotopic (exact) mass is 698 g/mol. The van der Waals surface area contributed by atoms with E-state index in [1.165, 1.54) is 16.8 Å². The van der Waals surface area contributed by atoms with Crippen molar-refractivity contribution in [1.29, 1.82) is 0 Å². The zero-order chi connectivity index (χ0) is 35.5. The summed E-state index contributed by atoms with van der Waals surface area (Å²) in [4.78, 5) is 4.19. The lowest BCUT2D eigenvalue weighted by Gasteiger charge is -2.48. The molecule has 4 aromatic rings. The maximum Gasteiger partial charge on any atom is 0.417 e. The van der Waals surface area contributed by atoms with Crippen LogP contribution in [0.3, 0.4) is 0 Å². The van der Waals surface area contributed by atoms with E-state index in [9.17, 15) is 26.3 Å². The summed E-state index contributed by atoms with van der Waals surface area (Å²) in [6, 6.07) is 14.5. The number of hydrogen-bond acceptors (Lipinski definition) is 2. The summed E-state index contributed by atoms with van der Waals surface area (Å²) >= 11 is 0. The molecular formula is C38H29F9N3+. The first-order chi connectivity index (χ1) is 23.6. The number of halogens is 9. The summed E-state index contributed by atoms with van der Waals surface area (Å²) in [5.74, 6) is -0.547. The van der Waals surface area contributed by atoms with Crippen LogP contribution in [0, 0.1) is 6.92 Å². The predicted molar refractivity (Wildman–Crippen MR) is 168 cm³/mol. The highest BCUT2D eigenvalue weighted by Gasteiger charge is 2.54. The Balaban J connectivity index is 1.51. The van der Waals surface area contributed by atoms with Gasteiger partial charge in [-0.1, -0.05) is 48.5 Å². The van der Waals surface area contributed by atoms with Crippen molar-refractivity contribution in [3.63, 3.8) is 0 Å². The summed E-state index contributed by atoms with van der Waals surface area (Å²) in [6.45, 7) is 6.78. The van der Waals surface area contributed by atoms with Gasteiger partial charge in [-0.15, -0.1) is 0 Å². The van der Waals surface area contributed by atoms with Crippen molar-refractivity contribution in [2.24, 2.45) is 0 Å². The van der Waals surface area contributed by atoms with Gasteiger partial charge in [-0.25, -0.2) is 0 Å². The maximum absolute atomic E-state index is 15.2. The van der Waals surface area contributed by atoms with Gasteiger partial charge in [0.2, 0.25) is 11.4 Å². The van der Waals surface area contributed by atoms with E-state index in [0.29, 0.717) is 23.2 Å². The molecule has 0 saturated heterocycles. The third-order valence-electron chi connectivity index (χ3n) is 10.6. The summed E-state index contributed by atoms with van der Waals surface area (Å²) < 4.78 is 135. The fourth-order valence-electron chi connectivity index (χ4n) is 8.58. The number of aryl methyl sites for hydroxylation is 1. The Morgan fingerprint density at radius 3 is 2.20 bits per heavy atom. The molecule has 8 rings (SSSR count). The number of hydrogen-bond donors (Lipinski definition) is 0. The van der Waals surface area contributed by atoms with Crippen molar-refractivity contribution >= 4 is 5.70 Å². The molecule has 0 saturated carbocycles. The molecule has 12 heteroatoms. The van der Waals surface area contributed by atoms with Gasteiger partial charge >= 0.3 is 18.5 Å². The standard InChI is InChI=1S/C38H29F9N3/c1-20-19-50-21(2)34-25(24-10-6-9-23-13-14-48-15-16-49(34)35(48)31(23)24)11-12-26-28(36(39,40)41)18-29(37(42,43)44)33(38(45,46)47)32(26)30(50)17-27(20)22-7-4-3-5-8-22/h3-10,15-19,25,34-35H,2,11-14H2,1H3/q+1. The van der Waals surface area contributed by atoms with Crippen LogP contribution in [0.2, 0.25) is 0 Å². The van der Waals surface area contributed by atoms with Crippen molar-refractivity contribution < 1.29 is 44.1 Å². The number of fused-ring (bicyclic) bond motifs is 6. The summed E-state index contributed by atoms with van der Waals surface area (Å²) in [6.07, 6.45) is -11.7. The van der Waals surface area contributed by atoms with Crippen LogP contribution in [0.5, 0.6) is 0 Å². The van der Waals surface area contributed by atoms with E-state index < -0.39 is 70.4 Å². The fraction of sp³-hybridized carbons (Fsp3) is 0.289. The lowest BCUT2D eigenvalue weighted by molar-refractivity contribution is -0.574. The molecule has 0 aliphatic carbocycles. The minimum atomic E-state index is -5.75. The van der Waals surface area contributed by atoms with Crippen molar-refractivity contribution in [1.82, 2.24) is 9.80 Å². The maximum atomic E-state index is 15.2. The summed E-state index contributed by atoms with van der Waals surface area (Å²) in [5.41, 5.74) is -4.06. The normalized spacial score (nSPS) is 21.2. The molecule has 3 unspecified atom stereocenters. The van der Waals surface area contributed by atoms with Crippen molar-refractivity contribution in [2.45, 2.75) is 62.8 Å². The van der Waals surface area contributed by atoms with E-state index in [1.54, 1.807) is 37.3 Å². The Kier molecular flexibility index (Phi) is 7.06. The lowest BCUT2D eigenvalue weighted by Crippen LogP contribution is -2.53. The van der Waals surface area contributed by atoms with E-state index in [1.807, 2.05) is 35.5 Å². The highest BCUT2D eigenvalue weighted by molar-refractivity contribution is 5.78. The summed E-state index contributed by atoms with van der Waals surface area (Å²) in [7, 11) is 0. The highest BCUT2D eigenvalue weighted by atomic mass is 19.4. The van der Waals surface area contributed by atoms with Gasteiger partial charge in [0.1, 0.15) is 12.2 Å². The van der Waals surface area contributed by atoms with Crippen molar-refractivity contribution in [3.8, 4) is 22.4 Å². The molecule has 0 fully saturated rings. The molecular weight excluding hydrogens is 669 g/mol. The third-order valence-corrected chi connectivity index (χ3v) is 10.6. The van der Waals surface area contributed by atoms with E-state index in [0.717, 1.165) is 23.1 Å². The van der Waals surface area contributed by atoms with Gasteiger partial charge < -0.3 is 9.80 Å². The Hall–Kier alpha value is -4.74. The molecule has 3 atom stereocenters. The molecule has 50 heavy (non-hydrogen) atoms. The van der Waals surface area contributed by atoms with Gasteiger partial charge in [0.05, 0.1) is 22.3 Å². The number of pyridine rings is 1. The molecule has 0 spiro atoms. The van der Waals surface area contributed by atoms with E-state index in [2.05, 4.69) is 11.5 Å². The molecule has 0 amide bonds. The first-order valence-corrected chi connectivity index (χ1v) is 16.1. The van der Waals surface area contributed by atoms with Crippen LogP contribution in [0.1, 0.15) is 63.0 Å². The Bertz CT molecular complexity index is 2090. The first-order valence-electron chi connectivity index (χ1n) is 16.1. The van der Waals surface area contributed by atoms with Gasteiger partial charge in [0, 0.05) is 42.1 Å². The van der Waals surface area contributed by atoms with Crippen molar-refractivity contribution in [2.75, 3.05) is 6.54 Å². The minimum absolute atomic E-state index is 0.0744. The van der Waals surface area contributed by atoms with Gasteiger partial charge in [-0.2, -0.15) is 44.1 Å². The van der Waals surface area contributed by atoms with Crippen LogP contribution < -0.4 is 4.57 Å². The molecule has 0 N–H and O–H groups in total. The van der Waals surface area contributed by atoms with Crippen LogP contribution >= 0.6 is 0 Å². The van der Waals surface area contributed by atoms with Gasteiger partial charge in [0.25, 0.3) is 0 Å². The molecule has 258 valence electrons. The molecule has 1 aromatic heterocycles. The number of alkyl halides is 9. The van der Waals surface area contributed by atoms with Crippen LogP contribution in [-0.2, 0) is 31.4 Å². The largest absolute Gasteiger partial charge is 0.417 e. The average molecular weight is 699 g/mol. The number of aromatic nitrogens is 1. The number of nitrogens with zero attached hydrogens (tertiary/aromatic N) is 3. The van der Waals surface area contributed by atoms with Crippen molar-refractivity contribution in [3.05, 3.63) is 130 Å². The zero-order valence-corrected chi connectivity index (χ0v) is 26.5. The zero-order valence-electron chi connectivity index (χ0n) is 26.5. The smallest absolute Gasteiger partial charge is 0.352 e. The molecule has 4 aliphatic heterocycles. The number of rotatable bonds is 1. The van der Waals surface area contributed by atoms with Crippen LogP contribution in [0.15, 0.2) is 85.8 Å². The molecule has 3 nitrogen and oxygen atoms in total.